The highest BCUT2D eigenvalue weighted by Crippen LogP contribution is 2.65. The Bertz CT molecular complexity index is 3890. The maximum Gasteiger partial charge on any atom is 0.161 e. The van der Waals surface area contributed by atoms with Gasteiger partial charge in [-0.05, 0) is 68.8 Å². The molecule has 0 N–H and O–H groups in total. The van der Waals surface area contributed by atoms with Gasteiger partial charge in [-0.3, -0.25) is 0 Å². The third kappa shape index (κ3) is 5.16. The summed E-state index contributed by atoms with van der Waals surface area (Å²) in [7, 11) is 0. The second-order valence-electron chi connectivity index (χ2n) is 17.2. The third-order valence-corrected chi connectivity index (χ3v) is 13.7. The fourth-order valence-electron chi connectivity index (χ4n) is 11.0. The average Bonchev–Trinajstić information content (AvgIpc) is 4.03. The van der Waals surface area contributed by atoms with Crippen LogP contribution in [0.1, 0.15) is 22.3 Å². The van der Waals surface area contributed by atoms with Crippen molar-refractivity contribution in [2.24, 2.45) is 0 Å². The van der Waals surface area contributed by atoms with Crippen molar-refractivity contribution in [1.82, 2.24) is 19.9 Å². The highest BCUT2D eigenvalue weighted by atomic mass is 16.3. The first-order chi connectivity index (χ1) is 32.7. The summed E-state index contributed by atoms with van der Waals surface area (Å²) >= 11 is 0. The Morgan fingerprint density at radius 3 is 1.62 bits per heavy atom. The molecule has 0 fully saturated rings. The molecule has 0 radical (unpaired) electrons. The molecule has 9 aromatic carbocycles. The lowest BCUT2D eigenvalue weighted by molar-refractivity contribution is 0.670. The molecule has 306 valence electrons. The van der Waals surface area contributed by atoms with E-state index in [0.717, 1.165) is 83.3 Å². The van der Waals surface area contributed by atoms with Crippen LogP contribution in [-0.4, -0.2) is 19.9 Å². The minimum absolute atomic E-state index is 0.624. The normalized spacial score (nSPS) is 14.4. The Morgan fingerprint density at radius 1 is 0.333 bits per heavy atom. The van der Waals surface area contributed by atoms with Crippen LogP contribution >= 0.6 is 0 Å². The molecule has 1 spiro atoms. The number of fused-ring (bicyclic) bond motifs is 14. The van der Waals surface area contributed by atoms with Crippen molar-refractivity contribution in [3.05, 3.63) is 241 Å². The zero-order valence-corrected chi connectivity index (χ0v) is 35.5. The number of hydrogen-bond donors (Lipinski definition) is 0. The van der Waals surface area contributed by atoms with Crippen LogP contribution in [0.2, 0.25) is 0 Å². The van der Waals surface area contributed by atoms with Gasteiger partial charge in [0.15, 0.2) is 11.6 Å². The van der Waals surface area contributed by atoms with Crippen LogP contribution in [0.15, 0.2) is 223 Å². The zero-order valence-electron chi connectivity index (χ0n) is 35.5. The molecule has 66 heavy (non-hydrogen) atoms. The molecular formula is C61H36N4O. The summed E-state index contributed by atoms with van der Waals surface area (Å²) in [6.45, 7) is 0. The molecule has 14 rings (SSSR count). The van der Waals surface area contributed by atoms with Crippen molar-refractivity contribution in [3.63, 3.8) is 0 Å². The Balaban J connectivity index is 1.02. The van der Waals surface area contributed by atoms with Crippen LogP contribution in [0.4, 0.5) is 0 Å². The van der Waals surface area contributed by atoms with Gasteiger partial charge in [0.05, 0.1) is 28.0 Å². The smallest absolute Gasteiger partial charge is 0.161 e. The van der Waals surface area contributed by atoms with E-state index in [4.69, 9.17) is 24.4 Å². The SMILES string of the molecule is c1ccc(-c2cc(-c3cccc4c3-c3ccccc3C43c4ccccc4-c4c(-c5nc(-c6cccc7c6oc6ccccc67)c6ccccc6n5)cccc43)nc(-c3ccccc3)n2)cc1. The summed E-state index contributed by atoms with van der Waals surface area (Å²) in [5.74, 6) is 1.36. The van der Waals surface area contributed by atoms with Crippen LogP contribution in [0.25, 0.3) is 112 Å². The molecule has 1 unspecified atom stereocenters. The van der Waals surface area contributed by atoms with Crippen LogP contribution in [0.5, 0.6) is 0 Å². The van der Waals surface area contributed by atoms with Gasteiger partial charge in [0.25, 0.3) is 0 Å². The van der Waals surface area contributed by atoms with Crippen LogP contribution in [-0.2, 0) is 5.41 Å². The van der Waals surface area contributed by atoms with Crippen LogP contribution in [0.3, 0.4) is 0 Å². The number of rotatable bonds is 5. The molecule has 0 bridgehead atoms. The Morgan fingerprint density at radius 2 is 0.864 bits per heavy atom. The van der Waals surface area contributed by atoms with Crippen molar-refractivity contribution in [2.45, 2.75) is 5.41 Å². The third-order valence-electron chi connectivity index (χ3n) is 13.7. The van der Waals surface area contributed by atoms with E-state index < -0.39 is 5.41 Å². The standard InChI is InChI=1S/C61H36N4O/c1-3-18-37(19-4-1)52-36-53(64-59(63-52)38-20-5-2-6-21-38)43-27-16-32-49-55(43)41-23-7-11-30-47(41)61(49)48-31-12-8-24-42(48)56-45(28-17-33-50(56)61)60-62-51-34-13-9-25-44(51)57(65-60)46-29-15-26-40-39-22-10-14-35-54(39)66-58(40)46/h1-36H. The zero-order chi connectivity index (χ0) is 43.3. The number of hydrogen-bond acceptors (Lipinski definition) is 5. The van der Waals surface area contributed by atoms with Crippen LogP contribution < -0.4 is 0 Å². The van der Waals surface area contributed by atoms with Gasteiger partial charge in [-0.2, -0.15) is 0 Å². The van der Waals surface area contributed by atoms with E-state index >= 15 is 0 Å². The number of para-hydroxylation sites is 3. The maximum absolute atomic E-state index is 6.61. The van der Waals surface area contributed by atoms with Crippen molar-refractivity contribution < 1.29 is 4.42 Å². The number of benzene rings is 9. The number of furan rings is 1. The Labute approximate surface area is 380 Å². The van der Waals surface area contributed by atoms with Gasteiger partial charge < -0.3 is 4.42 Å². The molecule has 0 saturated carbocycles. The summed E-state index contributed by atoms with van der Waals surface area (Å²) in [6.07, 6.45) is 0. The lowest BCUT2D eigenvalue weighted by Crippen LogP contribution is -2.25. The summed E-state index contributed by atoms with van der Waals surface area (Å²) < 4.78 is 6.61. The second-order valence-corrected chi connectivity index (χ2v) is 17.2. The summed E-state index contributed by atoms with van der Waals surface area (Å²) in [5.41, 5.74) is 19.1. The molecule has 5 nitrogen and oxygen atoms in total. The van der Waals surface area contributed by atoms with Crippen molar-refractivity contribution in [3.8, 4) is 78.8 Å². The maximum atomic E-state index is 6.61. The highest BCUT2D eigenvalue weighted by Gasteiger charge is 2.53. The molecule has 5 heteroatoms. The number of nitrogens with zero attached hydrogens (tertiary/aromatic N) is 4. The monoisotopic (exact) mass is 840 g/mol. The van der Waals surface area contributed by atoms with Gasteiger partial charge in [0, 0.05) is 44.0 Å². The first kappa shape index (κ1) is 36.7. The fourth-order valence-corrected chi connectivity index (χ4v) is 11.0. The van der Waals surface area contributed by atoms with Crippen molar-refractivity contribution in [1.29, 1.82) is 0 Å². The first-order valence-corrected chi connectivity index (χ1v) is 22.4. The minimum atomic E-state index is -0.624. The Kier molecular flexibility index (Phi) is 7.83. The summed E-state index contributed by atoms with van der Waals surface area (Å²) in [4.78, 5) is 21.4. The Hall–Kier alpha value is -8.80. The van der Waals surface area contributed by atoms with E-state index in [1.54, 1.807) is 0 Å². The quantitative estimate of drug-likeness (QED) is 0.173. The van der Waals surface area contributed by atoms with Gasteiger partial charge in [0.1, 0.15) is 11.2 Å². The van der Waals surface area contributed by atoms with Gasteiger partial charge in [-0.15, -0.1) is 0 Å². The lowest BCUT2D eigenvalue weighted by Gasteiger charge is -2.30. The van der Waals surface area contributed by atoms with Gasteiger partial charge in [-0.1, -0.05) is 194 Å². The van der Waals surface area contributed by atoms with E-state index in [2.05, 4.69) is 182 Å². The van der Waals surface area contributed by atoms with Crippen LogP contribution in [0, 0.1) is 0 Å². The average molecular weight is 841 g/mol. The molecule has 0 saturated heterocycles. The van der Waals surface area contributed by atoms with Crippen molar-refractivity contribution in [2.75, 3.05) is 0 Å². The van der Waals surface area contributed by atoms with Gasteiger partial charge in [0.2, 0.25) is 0 Å². The molecule has 2 aliphatic carbocycles. The van der Waals surface area contributed by atoms with E-state index in [1.807, 2.05) is 36.4 Å². The van der Waals surface area contributed by atoms with E-state index in [9.17, 15) is 0 Å². The minimum Gasteiger partial charge on any atom is -0.455 e. The molecule has 1 atom stereocenters. The predicted molar refractivity (Wildman–Crippen MR) is 266 cm³/mol. The van der Waals surface area contributed by atoms with E-state index in [1.165, 1.54) is 38.9 Å². The summed E-state index contributed by atoms with van der Waals surface area (Å²) in [6, 6.07) is 77.1. The van der Waals surface area contributed by atoms with Crippen molar-refractivity contribution >= 4 is 32.8 Å². The summed E-state index contributed by atoms with van der Waals surface area (Å²) in [5, 5.41) is 3.13. The largest absolute Gasteiger partial charge is 0.455 e. The molecule has 3 aromatic heterocycles. The van der Waals surface area contributed by atoms with Gasteiger partial charge >= 0.3 is 0 Å². The second kappa shape index (κ2) is 14.1. The molecular weight excluding hydrogens is 805 g/mol. The fraction of sp³-hybridized carbons (Fsp3) is 0.0164. The first-order valence-electron chi connectivity index (χ1n) is 22.4. The lowest BCUT2D eigenvalue weighted by atomic mass is 9.70. The topological polar surface area (TPSA) is 64.7 Å². The van der Waals surface area contributed by atoms with Gasteiger partial charge in [-0.25, -0.2) is 19.9 Å². The number of aromatic nitrogens is 4. The molecule has 0 aliphatic heterocycles. The molecule has 2 aliphatic rings. The predicted octanol–water partition coefficient (Wildman–Crippen LogP) is 15.0. The molecule has 3 heterocycles. The highest BCUT2D eigenvalue weighted by molar-refractivity contribution is 6.12. The van der Waals surface area contributed by atoms with E-state index in [0.29, 0.717) is 11.6 Å². The molecule has 0 amide bonds. The molecule has 12 aromatic rings. The van der Waals surface area contributed by atoms with E-state index in [-0.39, 0.29) is 0 Å².